The van der Waals surface area contributed by atoms with Gasteiger partial charge >= 0.3 is 0 Å². The van der Waals surface area contributed by atoms with Crippen LogP contribution in [-0.2, 0) is 9.53 Å². The molecule has 0 aromatic heterocycles. The molecule has 4 heteroatoms. The molecule has 1 saturated carbocycles. The number of ether oxygens (including phenoxy) is 1. The summed E-state index contributed by atoms with van der Waals surface area (Å²) in [7, 11) is 0. The minimum Gasteiger partial charge on any atom is -0.381 e. The van der Waals surface area contributed by atoms with Crippen LogP contribution < -0.4 is 11.1 Å². The largest absolute Gasteiger partial charge is 0.381 e. The topological polar surface area (TPSA) is 64.4 Å². The van der Waals surface area contributed by atoms with Crippen molar-refractivity contribution < 1.29 is 9.53 Å². The van der Waals surface area contributed by atoms with Crippen LogP contribution in [0.4, 0.5) is 0 Å². The van der Waals surface area contributed by atoms with E-state index in [-0.39, 0.29) is 11.8 Å². The van der Waals surface area contributed by atoms with Gasteiger partial charge in [0.2, 0.25) is 5.91 Å². The fourth-order valence-electron chi connectivity index (χ4n) is 3.08. The molecule has 0 radical (unpaired) electrons. The molecule has 1 saturated heterocycles. The van der Waals surface area contributed by atoms with E-state index in [1.165, 1.54) is 6.42 Å². The lowest BCUT2D eigenvalue weighted by Crippen LogP contribution is -2.38. The summed E-state index contributed by atoms with van der Waals surface area (Å²) in [5.74, 6) is 1.61. The van der Waals surface area contributed by atoms with E-state index in [1.807, 2.05) is 0 Å². The zero-order valence-corrected chi connectivity index (χ0v) is 11.2. The zero-order chi connectivity index (χ0) is 12.8. The Morgan fingerprint density at radius 1 is 1.17 bits per heavy atom. The Kier molecular flexibility index (Phi) is 5.45. The first-order valence-corrected chi connectivity index (χ1v) is 7.35. The van der Waals surface area contributed by atoms with Gasteiger partial charge in [0.15, 0.2) is 0 Å². The summed E-state index contributed by atoms with van der Waals surface area (Å²) in [5, 5.41) is 3.13. The quantitative estimate of drug-likeness (QED) is 0.794. The first kappa shape index (κ1) is 13.8. The highest BCUT2D eigenvalue weighted by molar-refractivity contribution is 5.78. The SMILES string of the molecule is NCC1CCCC(C(=O)NCC2CCOCC2)C1. The summed E-state index contributed by atoms with van der Waals surface area (Å²) in [6.07, 6.45) is 6.52. The Bertz CT molecular complexity index is 265. The van der Waals surface area contributed by atoms with Crippen LogP contribution in [0.3, 0.4) is 0 Å². The molecule has 3 N–H and O–H groups in total. The van der Waals surface area contributed by atoms with Crippen molar-refractivity contribution in [3.8, 4) is 0 Å². The molecule has 104 valence electrons. The minimum atomic E-state index is 0.201. The summed E-state index contributed by atoms with van der Waals surface area (Å²) >= 11 is 0. The zero-order valence-electron chi connectivity index (χ0n) is 11.2. The smallest absolute Gasteiger partial charge is 0.223 e. The highest BCUT2D eigenvalue weighted by atomic mass is 16.5. The number of carbonyl (C=O) groups excluding carboxylic acids is 1. The molecule has 0 bridgehead atoms. The van der Waals surface area contributed by atoms with Crippen molar-refractivity contribution in [3.05, 3.63) is 0 Å². The predicted molar refractivity (Wildman–Crippen MR) is 71.1 cm³/mol. The van der Waals surface area contributed by atoms with E-state index in [0.717, 1.165) is 58.4 Å². The van der Waals surface area contributed by atoms with E-state index in [9.17, 15) is 4.79 Å². The molecule has 4 nitrogen and oxygen atoms in total. The maximum absolute atomic E-state index is 12.1. The molecule has 2 fully saturated rings. The lowest BCUT2D eigenvalue weighted by Gasteiger charge is -2.28. The van der Waals surface area contributed by atoms with Crippen LogP contribution >= 0.6 is 0 Å². The highest BCUT2D eigenvalue weighted by Gasteiger charge is 2.26. The van der Waals surface area contributed by atoms with E-state index in [2.05, 4.69) is 5.32 Å². The lowest BCUT2D eigenvalue weighted by molar-refractivity contribution is -0.126. The number of hydrogen-bond donors (Lipinski definition) is 2. The van der Waals surface area contributed by atoms with Crippen LogP contribution in [0.2, 0.25) is 0 Å². The first-order valence-electron chi connectivity index (χ1n) is 7.35. The average Bonchev–Trinajstić information content (AvgIpc) is 2.46. The van der Waals surface area contributed by atoms with Crippen LogP contribution in [0.25, 0.3) is 0 Å². The third kappa shape index (κ3) is 3.95. The Balaban J connectivity index is 1.70. The lowest BCUT2D eigenvalue weighted by atomic mass is 9.81. The van der Waals surface area contributed by atoms with Crippen molar-refractivity contribution >= 4 is 5.91 Å². The second kappa shape index (κ2) is 7.10. The fourth-order valence-corrected chi connectivity index (χ4v) is 3.08. The van der Waals surface area contributed by atoms with Crippen LogP contribution in [-0.4, -0.2) is 32.2 Å². The molecule has 2 atom stereocenters. The Morgan fingerprint density at radius 2 is 1.94 bits per heavy atom. The predicted octanol–water partition coefficient (Wildman–Crippen LogP) is 1.29. The summed E-state index contributed by atoms with van der Waals surface area (Å²) in [6, 6.07) is 0. The number of amides is 1. The molecule has 0 aromatic rings. The molecule has 1 aliphatic carbocycles. The van der Waals surface area contributed by atoms with Crippen molar-refractivity contribution in [2.75, 3.05) is 26.3 Å². The van der Waals surface area contributed by atoms with Gasteiger partial charge in [-0.1, -0.05) is 6.42 Å². The molecule has 0 aromatic carbocycles. The molecule has 2 unspecified atom stereocenters. The van der Waals surface area contributed by atoms with E-state index in [4.69, 9.17) is 10.5 Å². The maximum Gasteiger partial charge on any atom is 0.223 e. The highest BCUT2D eigenvalue weighted by Crippen LogP contribution is 2.28. The van der Waals surface area contributed by atoms with Crippen LogP contribution in [0.5, 0.6) is 0 Å². The van der Waals surface area contributed by atoms with Crippen LogP contribution in [0.1, 0.15) is 38.5 Å². The fraction of sp³-hybridized carbons (Fsp3) is 0.929. The standard InChI is InChI=1S/C14H26N2O2/c15-9-12-2-1-3-13(8-12)14(17)16-10-11-4-6-18-7-5-11/h11-13H,1-10,15H2,(H,16,17). The summed E-state index contributed by atoms with van der Waals surface area (Å²) < 4.78 is 5.32. The molecule has 2 rings (SSSR count). The van der Waals surface area contributed by atoms with Gasteiger partial charge in [0.1, 0.15) is 0 Å². The van der Waals surface area contributed by atoms with E-state index in [0.29, 0.717) is 11.8 Å². The Labute approximate surface area is 110 Å². The number of nitrogens with two attached hydrogens (primary N) is 1. The van der Waals surface area contributed by atoms with Crippen molar-refractivity contribution in [2.24, 2.45) is 23.5 Å². The Hall–Kier alpha value is -0.610. The molecular weight excluding hydrogens is 228 g/mol. The third-order valence-corrected chi connectivity index (χ3v) is 4.39. The van der Waals surface area contributed by atoms with Gasteiger partial charge < -0.3 is 15.8 Å². The molecule has 18 heavy (non-hydrogen) atoms. The van der Waals surface area contributed by atoms with Gasteiger partial charge in [0, 0.05) is 25.7 Å². The summed E-state index contributed by atoms with van der Waals surface area (Å²) in [5.41, 5.74) is 5.71. The normalized spacial score (nSPS) is 30.1. The molecular formula is C14H26N2O2. The van der Waals surface area contributed by atoms with Gasteiger partial charge in [0.25, 0.3) is 0 Å². The van der Waals surface area contributed by atoms with Gasteiger partial charge in [-0.05, 0) is 50.5 Å². The summed E-state index contributed by atoms with van der Waals surface area (Å²) in [6.45, 7) is 3.24. The van der Waals surface area contributed by atoms with Crippen LogP contribution in [0.15, 0.2) is 0 Å². The summed E-state index contributed by atoms with van der Waals surface area (Å²) in [4.78, 5) is 12.1. The Morgan fingerprint density at radius 3 is 2.67 bits per heavy atom. The number of nitrogens with one attached hydrogen (secondary N) is 1. The molecule has 0 spiro atoms. The first-order chi connectivity index (χ1) is 8.79. The number of rotatable bonds is 4. The average molecular weight is 254 g/mol. The van der Waals surface area contributed by atoms with Crippen molar-refractivity contribution in [2.45, 2.75) is 38.5 Å². The second-order valence-electron chi connectivity index (χ2n) is 5.77. The third-order valence-electron chi connectivity index (χ3n) is 4.39. The van der Waals surface area contributed by atoms with Gasteiger partial charge in [-0.25, -0.2) is 0 Å². The molecule has 1 aliphatic heterocycles. The van der Waals surface area contributed by atoms with Gasteiger partial charge in [-0.2, -0.15) is 0 Å². The van der Waals surface area contributed by atoms with Gasteiger partial charge in [-0.15, -0.1) is 0 Å². The molecule has 1 amide bonds. The van der Waals surface area contributed by atoms with Crippen molar-refractivity contribution in [3.63, 3.8) is 0 Å². The van der Waals surface area contributed by atoms with Gasteiger partial charge in [0.05, 0.1) is 0 Å². The maximum atomic E-state index is 12.1. The van der Waals surface area contributed by atoms with Crippen molar-refractivity contribution in [1.82, 2.24) is 5.32 Å². The molecule has 2 aliphatic rings. The van der Waals surface area contributed by atoms with E-state index < -0.39 is 0 Å². The minimum absolute atomic E-state index is 0.201. The van der Waals surface area contributed by atoms with E-state index >= 15 is 0 Å². The van der Waals surface area contributed by atoms with Gasteiger partial charge in [-0.3, -0.25) is 4.79 Å². The monoisotopic (exact) mass is 254 g/mol. The molecule has 1 heterocycles. The second-order valence-corrected chi connectivity index (χ2v) is 5.77. The van der Waals surface area contributed by atoms with Crippen LogP contribution in [0, 0.1) is 17.8 Å². The van der Waals surface area contributed by atoms with E-state index in [1.54, 1.807) is 0 Å². The van der Waals surface area contributed by atoms with Crippen molar-refractivity contribution in [1.29, 1.82) is 0 Å². The number of hydrogen-bond acceptors (Lipinski definition) is 3. The number of carbonyl (C=O) groups is 1.